The molecular formula is C33H39F3N6O2. The van der Waals surface area contributed by atoms with E-state index in [2.05, 4.69) is 10.6 Å². The molecule has 0 fully saturated rings. The molecule has 3 aromatic rings. The predicted octanol–water partition coefficient (Wildman–Crippen LogP) is 6.09. The summed E-state index contributed by atoms with van der Waals surface area (Å²) >= 11 is 0. The molecule has 3 rings (SSSR count). The van der Waals surface area contributed by atoms with Gasteiger partial charge < -0.3 is 26.2 Å². The Morgan fingerprint density at radius 2 is 1.77 bits per heavy atom. The fourth-order valence-corrected chi connectivity index (χ4v) is 4.66. The van der Waals surface area contributed by atoms with Crippen molar-refractivity contribution in [2.24, 2.45) is 10.7 Å². The number of nitrogens with zero attached hydrogens (tertiary/aromatic N) is 3. The van der Waals surface area contributed by atoms with Gasteiger partial charge in [-0.15, -0.1) is 0 Å². The van der Waals surface area contributed by atoms with Gasteiger partial charge >= 0.3 is 6.18 Å². The molecule has 3 aromatic carbocycles. The van der Waals surface area contributed by atoms with Crippen LogP contribution in [0, 0.1) is 6.92 Å². The van der Waals surface area contributed by atoms with E-state index in [0.29, 0.717) is 31.0 Å². The third-order valence-electron chi connectivity index (χ3n) is 6.92. The smallest absolute Gasteiger partial charge is 0.370 e. The lowest BCUT2D eigenvalue weighted by atomic mass is 10.1. The van der Waals surface area contributed by atoms with Crippen molar-refractivity contribution in [1.82, 2.24) is 4.90 Å². The van der Waals surface area contributed by atoms with Gasteiger partial charge in [-0.25, -0.2) is 4.99 Å². The van der Waals surface area contributed by atoms with E-state index in [0.717, 1.165) is 46.6 Å². The first-order chi connectivity index (χ1) is 20.9. The molecule has 2 amide bonds. The molecule has 0 aliphatic rings. The first kappa shape index (κ1) is 33.9. The van der Waals surface area contributed by atoms with Gasteiger partial charge in [0.2, 0.25) is 6.41 Å². The minimum atomic E-state index is -4.55. The van der Waals surface area contributed by atoms with Crippen molar-refractivity contribution in [2.75, 3.05) is 42.7 Å². The van der Waals surface area contributed by atoms with Crippen molar-refractivity contribution in [3.63, 3.8) is 0 Å². The second kappa shape index (κ2) is 15.2. The van der Waals surface area contributed by atoms with Crippen LogP contribution >= 0.6 is 0 Å². The van der Waals surface area contributed by atoms with Crippen molar-refractivity contribution >= 4 is 35.2 Å². The average molecular weight is 609 g/mol. The number of aryl methyl sites for hydroxylation is 1. The van der Waals surface area contributed by atoms with Crippen molar-refractivity contribution < 1.29 is 22.8 Å². The number of amidine groups is 1. The van der Waals surface area contributed by atoms with E-state index in [4.69, 9.17) is 10.7 Å². The molecule has 0 heterocycles. The number of allylic oxidation sites excluding steroid dienone is 1. The van der Waals surface area contributed by atoms with Crippen LogP contribution in [0.1, 0.15) is 40.9 Å². The monoisotopic (exact) mass is 608 g/mol. The maximum atomic E-state index is 13.1. The summed E-state index contributed by atoms with van der Waals surface area (Å²) in [6.07, 6.45) is -1.57. The molecule has 0 spiro atoms. The van der Waals surface area contributed by atoms with Crippen LogP contribution in [-0.2, 0) is 17.4 Å². The summed E-state index contributed by atoms with van der Waals surface area (Å²) in [4.78, 5) is 32.8. The Hall–Kier alpha value is -4.64. The van der Waals surface area contributed by atoms with E-state index in [-0.39, 0.29) is 11.7 Å². The van der Waals surface area contributed by atoms with E-state index < -0.39 is 17.6 Å². The summed E-state index contributed by atoms with van der Waals surface area (Å²) in [7, 11) is 3.51. The van der Waals surface area contributed by atoms with Crippen LogP contribution in [0.3, 0.4) is 0 Å². The van der Waals surface area contributed by atoms with Gasteiger partial charge in [0, 0.05) is 48.8 Å². The number of carbonyl (C=O) groups is 2. The number of rotatable bonds is 12. The number of anilines is 3. The van der Waals surface area contributed by atoms with Gasteiger partial charge in [0.1, 0.15) is 12.0 Å². The Kier molecular flexibility index (Phi) is 11.7. The van der Waals surface area contributed by atoms with E-state index in [1.54, 1.807) is 19.2 Å². The fraction of sp³-hybridized carbons (Fsp3) is 0.303. The number of nitrogens with one attached hydrogen (secondary N) is 2. The molecule has 0 radical (unpaired) electrons. The standard InChI is InChI=1S/C33H39F3N6O2/c1-6-25(31(42(5)21-43)39-23(3)38-28-12-7-9-24(17-28)15-16-37)20-41(4)30-19-29(14-13-22(30)2)40-32(44)26-10-8-11-27(18-26)33(34,35)36/h6-14,17-19,21,23,38H,15-16,20,37H2,1-5H3,(H,40,44)/b25-6-,39-31+. The molecule has 0 bridgehead atoms. The highest BCUT2D eigenvalue weighted by atomic mass is 19.4. The van der Waals surface area contributed by atoms with Gasteiger partial charge in [-0.1, -0.05) is 30.3 Å². The van der Waals surface area contributed by atoms with Crippen LogP contribution in [0.5, 0.6) is 0 Å². The number of aliphatic imine (C=N–C) groups is 1. The lowest BCUT2D eigenvalue weighted by Gasteiger charge is -2.27. The zero-order valence-electron chi connectivity index (χ0n) is 25.6. The number of hydrogen-bond acceptors (Lipinski definition) is 6. The second-order valence-corrected chi connectivity index (χ2v) is 10.4. The van der Waals surface area contributed by atoms with Crippen LogP contribution in [0.15, 0.2) is 83.4 Å². The van der Waals surface area contributed by atoms with Crippen LogP contribution in [-0.4, -0.2) is 56.4 Å². The van der Waals surface area contributed by atoms with Crippen LogP contribution in [0.25, 0.3) is 0 Å². The first-order valence-electron chi connectivity index (χ1n) is 14.1. The van der Waals surface area contributed by atoms with Crippen LogP contribution < -0.4 is 21.3 Å². The lowest BCUT2D eigenvalue weighted by Crippen LogP contribution is -2.34. The first-order valence-corrected chi connectivity index (χ1v) is 14.1. The molecule has 1 unspecified atom stereocenters. The molecule has 44 heavy (non-hydrogen) atoms. The molecule has 1 atom stereocenters. The molecule has 0 saturated heterocycles. The largest absolute Gasteiger partial charge is 0.416 e. The molecule has 0 aliphatic carbocycles. The molecule has 0 aliphatic heterocycles. The predicted molar refractivity (Wildman–Crippen MR) is 171 cm³/mol. The lowest BCUT2D eigenvalue weighted by molar-refractivity contribution is -0.137. The van der Waals surface area contributed by atoms with Gasteiger partial charge in [0.15, 0.2) is 0 Å². The van der Waals surface area contributed by atoms with Gasteiger partial charge in [-0.05, 0) is 87.3 Å². The molecule has 0 aromatic heterocycles. The number of carbonyl (C=O) groups excluding carboxylic acids is 2. The number of amides is 2. The minimum absolute atomic E-state index is 0.0990. The van der Waals surface area contributed by atoms with Crippen molar-refractivity contribution in [3.8, 4) is 0 Å². The van der Waals surface area contributed by atoms with Gasteiger partial charge in [0.25, 0.3) is 5.91 Å². The topological polar surface area (TPSA) is 103 Å². The normalized spacial score (nSPS) is 12.8. The average Bonchev–Trinajstić information content (AvgIpc) is 2.99. The highest BCUT2D eigenvalue weighted by molar-refractivity contribution is 6.05. The highest BCUT2D eigenvalue weighted by Gasteiger charge is 2.31. The minimum Gasteiger partial charge on any atom is -0.370 e. The van der Waals surface area contributed by atoms with Crippen molar-refractivity contribution in [2.45, 2.75) is 39.5 Å². The van der Waals surface area contributed by atoms with Crippen LogP contribution in [0.2, 0.25) is 0 Å². The molecule has 11 heteroatoms. The molecule has 4 N–H and O–H groups in total. The number of hydrogen-bond donors (Lipinski definition) is 3. The summed E-state index contributed by atoms with van der Waals surface area (Å²) in [5.74, 6) is -0.168. The van der Waals surface area contributed by atoms with E-state index in [1.165, 1.54) is 17.0 Å². The third-order valence-corrected chi connectivity index (χ3v) is 6.92. The highest BCUT2D eigenvalue weighted by Crippen LogP contribution is 2.30. The second-order valence-electron chi connectivity index (χ2n) is 10.4. The number of benzene rings is 3. The number of halogens is 3. The van der Waals surface area contributed by atoms with E-state index in [9.17, 15) is 22.8 Å². The summed E-state index contributed by atoms with van der Waals surface area (Å²) in [5.41, 5.74) is 9.60. The summed E-state index contributed by atoms with van der Waals surface area (Å²) in [6.45, 7) is 6.60. The number of alkyl halides is 3. The fourth-order valence-electron chi connectivity index (χ4n) is 4.66. The third kappa shape index (κ3) is 9.18. The summed E-state index contributed by atoms with van der Waals surface area (Å²) < 4.78 is 39.4. The Morgan fingerprint density at radius 3 is 2.43 bits per heavy atom. The van der Waals surface area contributed by atoms with Gasteiger partial charge in [0.05, 0.1) is 5.56 Å². The van der Waals surface area contributed by atoms with E-state index in [1.807, 2.05) is 69.1 Å². The summed E-state index contributed by atoms with van der Waals surface area (Å²) in [5, 5.41) is 6.06. The molecular weight excluding hydrogens is 569 g/mol. The zero-order chi connectivity index (χ0) is 32.4. The van der Waals surface area contributed by atoms with Crippen molar-refractivity contribution in [1.29, 1.82) is 0 Å². The van der Waals surface area contributed by atoms with Gasteiger partial charge in [-0.3, -0.25) is 9.59 Å². The van der Waals surface area contributed by atoms with Crippen LogP contribution in [0.4, 0.5) is 30.2 Å². The maximum Gasteiger partial charge on any atom is 0.416 e. The molecule has 8 nitrogen and oxygen atoms in total. The Bertz CT molecular complexity index is 1520. The van der Waals surface area contributed by atoms with E-state index >= 15 is 0 Å². The quantitative estimate of drug-likeness (QED) is 0.131. The maximum absolute atomic E-state index is 13.1. The van der Waals surface area contributed by atoms with Crippen molar-refractivity contribution in [3.05, 3.63) is 101 Å². The van der Waals surface area contributed by atoms with Gasteiger partial charge in [-0.2, -0.15) is 13.2 Å². The SMILES string of the molecule is C/C=C(CN(C)c1cc(NC(=O)c2cccc(C(F)(F)F)c2)ccc1C)\C(=N/C(C)Nc1cccc(CCN)c1)N(C)C=O. The number of nitrogens with two attached hydrogens (primary N) is 1. The Morgan fingerprint density at radius 1 is 1.05 bits per heavy atom. The molecule has 0 saturated carbocycles. The Labute approximate surface area is 256 Å². The zero-order valence-corrected chi connectivity index (χ0v) is 25.6. The number of likely N-dealkylation sites (N-methyl/N-ethyl adjacent to an activating group) is 2. The Balaban J connectivity index is 1.81. The molecule has 234 valence electrons. The summed E-state index contributed by atoms with van der Waals surface area (Å²) in [6, 6.07) is 17.5.